The fourth-order valence-electron chi connectivity index (χ4n) is 1.84. The van der Waals surface area contributed by atoms with Crippen molar-refractivity contribution in [3.05, 3.63) is 0 Å². The van der Waals surface area contributed by atoms with Gasteiger partial charge in [-0.05, 0) is 0 Å². The molecule has 2 saturated heterocycles. The van der Waals surface area contributed by atoms with E-state index in [1.165, 1.54) is 6.42 Å². The Kier molecular flexibility index (Phi) is 0.461. The molecule has 0 bridgehead atoms. The van der Waals surface area contributed by atoms with Crippen LogP contribution in [0.3, 0.4) is 0 Å². The molecule has 0 aromatic heterocycles. The van der Waals surface area contributed by atoms with Crippen molar-refractivity contribution >= 4 is 0 Å². The minimum Gasteiger partial charge on any atom is -0.377 e. The van der Waals surface area contributed by atoms with Crippen molar-refractivity contribution in [2.45, 2.75) is 24.7 Å². The average Bonchev–Trinajstić information content (AvgIpc) is 2.34. The van der Waals surface area contributed by atoms with Crippen LogP contribution in [-0.4, -0.2) is 24.9 Å². The largest absolute Gasteiger partial charge is 0.377 e. The van der Waals surface area contributed by atoms with Crippen LogP contribution in [0.15, 0.2) is 0 Å². The molecule has 0 spiro atoms. The summed E-state index contributed by atoms with van der Waals surface area (Å²) >= 11 is 0. The average molecular weight is 112 g/mol. The third kappa shape index (κ3) is 0.273. The predicted octanol–water partition coefficient (Wildman–Crippen LogP) is 0.172. The lowest BCUT2D eigenvalue weighted by Gasteiger charge is -2.31. The number of fused-ring (bicyclic) bond motifs is 3. The highest BCUT2D eigenvalue weighted by Crippen LogP contribution is 2.49. The van der Waals surface area contributed by atoms with Crippen molar-refractivity contribution in [1.29, 1.82) is 0 Å². The van der Waals surface area contributed by atoms with Gasteiger partial charge in [-0.2, -0.15) is 0 Å². The summed E-state index contributed by atoms with van der Waals surface area (Å²) in [7, 11) is 0. The first-order valence-electron chi connectivity index (χ1n) is 3.22. The summed E-state index contributed by atoms with van der Waals surface area (Å²) in [6.07, 6.45) is 3.00. The van der Waals surface area contributed by atoms with E-state index in [2.05, 4.69) is 0 Å². The zero-order valence-electron chi connectivity index (χ0n) is 4.54. The first kappa shape index (κ1) is 3.85. The number of rotatable bonds is 0. The second-order valence-corrected chi connectivity index (χ2v) is 2.91. The van der Waals surface area contributed by atoms with E-state index in [-0.39, 0.29) is 0 Å². The first-order chi connectivity index (χ1) is 3.95. The van der Waals surface area contributed by atoms with Crippen molar-refractivity contribution in [2.24, 2.45) is 5.92 Å². The zero-order chi connectivity index (χ0) is 5.14. The molecule has 0 amide bonds. The van der Waals surface area contributed by atoms with Gasteiger partial charge in [0.25, 0.3) is 0 Å². The van der Waals surface area contributed by atoms with Gasteiger partial charge in [-0.15, -0.1) is 0 Å². The van der Waals surface area contributed by atoms with Crippen LogP contribution in [0.5, 0.6) is 0 Å². The van der Waals surface area contributed by atoms with Gasteiger partial charge >= 0.3 is 0 Å². The number of ether oxygens (including phenoxy) is 2. The van der Waals surface area contributed by atoms with Gasteiger partial charge in [-0.25, -0.2) is 0 Å². The number of hydrogen-bond acceptors (Lipinski definition) is 2. The molecule has 3 fully saturated rings. The summed E-state index contributed by atoms with van der Waals surface area (Å²) in [5, 5.41) is 0. The van der Waals surface area contributed by atoms with Crippen LogP contribution in [0.25, 0.3) is 0 Å². The highest BCUT2D eigenvalue weighted by molar-refractivity contribution is 5.06. The van der Waals surface area contributed by atoms with Crippen molar-refractivity contribution in [3.63, 3.8) is 0 Å². The number of epoxide rings is 1. The van der Waals surface area contributed by atoms with Gasteiger partial charge in [-0.1, -0.05) is 0 Å². The summed E-state index contributed by atoms with van der Waals surface area (Å²) < 4.78 is 10.6. The van der Waals surface area contributed by atoms with E-state index in [4.69, 9.17) is 9.47 Å². The molecule has 4 atom stereocenters. The Bertz CT molecular complexity index is 130. The minimum atomic E-state index is 0.596. The van der Waals surface area contributed by atoms with Crippen LogP contribution in [-0.2, 0) is 9.47 Å². The van der Waals surface area contributed by atoms with Crippen molar-refractivity contribution in [3.8, 4) is 0 Å². The maximum atomic E-state index is 5.31. The molecule has 3 rings (SSSR count). The highest BCUT2D eigenvalue weighted by Gasteiger charge is 2.60. The summed E-state index contributed by atoms with van der Waals surface area (Å²) in [5.74, 6) is 0.792. The molecule has 3 aliphatic rings. The van der Waals surface area contributed by atoms with Crippen LogP contribution in [0, 0.1) is 5.92 Å². The molecule has 2 nitrogen and oxygen atoms in total. The maximum absolute atomic E-state index is 5.31. The van der Waals surface area contributed by atoms with Gasteiger partial charge in [0.05, 0.1) is 24.9 Å². The SMILES string of the molecule is C1C2OCC2C2OC12. The Morgan fingerprint density at radius 1 is 1.25 bits per heavy atom. The summed E-state index contributed by atoms with van der Waals surface area (Å²) in [4.78, 5) is 0. The van der Waals surface area contributed by atoms with E-state index in [0.29, 0.717) is 18.3 Å². The van der Waals surface area contributed by atoms with Crippen LogP contribution in [0.4, 0.5) is 0 Å². The molecule has 2 heterocycles. The van der Waals surface area contributed by atoms with E-state index in [1.54, 1.807) is 0 Å². The molecular weight excluding hydrogens is 104 g/mol. The summed E-state index contributed by atoms with van der Waals surface area (Å²) in [6, 6.07) is 0. The van der Waals surface area contributed by atoms with E-state index in [0.717, 1.165) is 12.5 Å². The van der Waals surface area contributed by atoms with Crippen molar-refractivity contribution in [2.75, 3.05) is 6.61 Å². The number of hydrogen-bond donors (Lipinski definition) is 0. The lowest BCUT2D eigenvalue weighted by Crippen LogP contribution is -2.39. The molecule has 4 unspecified atom stereocenters. The van der Waals surface area contributed by atoms with E-state index in [9.17, 15) is 0 Å². The van der Waals surface area contributed by atoms with Gasteiger partial charge in [0.1, 0.15) is 0 Å². The van der Waals surface area contributed by atoms with Crippen LogP contribution in [0.2, 0.25) is 0 Å². The maximum Gasteiger partial charge on any atom is 0.0917 e. The standard InChI is InChI=1S/C6H8O2/c1-4-3(2-7-4)6-5(1)8-6/h3-6H,1-2H2. The van der Waals surface area contributed by atoms with Crippen molar-refractivity contribution < 1.29 is 9.47 Å². The molecule has 0 N–H and O–H groups in total. The van der Waals surface area contributed by atoms with Gasteiger partial charge in [0.2, 0.25) is 0 Å². The van der Waals surface area contributed by atoms with Gasteiger partial charge in [-0.3, -0.25) is 0 Å². The molecule has 2 heteroatoms. The van der Waals surface area contributed by atoms with Gasteiger partial charge in [0.15, 0.2) is 0 Å². The van der Waals surface area contributed by atoms with Crippen molar-refractivity contribution in [1.82, 2.24) is 0 Å². The zero-order valence-corrected chi connectivity index (χ0v) is 4.54. The second-order valence-electron chi connectivity index (χ2n) is 2.91. The quantitative estimate of drug-likeness (QED) is 0.417. The Hall–Kier alpha value is -0.0800. The fraction of sp³-hybridized carbons (Fsp3) is 1.00. The molecule has 8 heavy (non-hydrogen) atoms. The lowest BCUT2D eigenvalue weighted by molar-refractivity contribution is -0.122. The topological polar surface area (TPSA) is 21.8 Å². The lowest BCUT2D eigenvalue weighted by atomic mass is 10.0. The molecule has 0 aromatic carbocycles. The van der Waals surface area contributed by atoms with E-state index in [1.807, 2.05) is 0 Å². The van der Waals surface area contributed by atoms with Crippen LogP contribution < -0.4 is 0 Å². The Morgan fingerprint density at radius 2 is 2.25 bits per heavy atom. The Morgan fingerprint density at radius 3 is 2.62 bits per heavy atom. The third-order valence-electron chi connectivity index (χ3n) is 2.49. The third-order valence-corrected chi connectivity index (χ3v) is 2.49. The van der Waals surface area contributed by atoms with Gasteiger partial charge in [0, 0.05) is 12.3 Å². The molecule has 0 radical (unpaired) electrons. The first-order valence-corrected chi connectivity index (χ1v) is 3.22. The highest BCUT2D eigenvalue weighted by atomic mass is 16.6. The Balaban J connectivity index is 1.92. The minimum absolute atomic E-state index is 0.596. The molecule has 1 aliphatic carbocycles. The summed E-state index contributed by atoms with van der Waals surface area (Å²) in [5.41, 5.74) is 0. The van der Waals surface area contributed by atoms with Crippen LogP contribution >= 0.6 is 0 Å². The molecule has 0 aromatic rings. The molecule has 44 valence electrons. The monoisotopic (exact) mass is 112 g/mol. The molecule has 1 saturated carbocycles. The fourth-order valence-corrected chi connectivity index (χ4v) is 1.84. The molecular formula is C6H8O2. The van der Waals surface area contributed by atoms with E-state index >= 15 is 0 Å². The molecule has 2 aliphatic heterocycles. The smallest absolute Gasteiger partial charge is 0.0917 e. The van der Waals surface area contributed by atoms with Gasteiger partial charge < -0.3 is 9.47 Å². The van der Waals surface area contributed by atoms with Crippen LogP contribution in [0.1, 0.15) is 6.42 Å². The summed E-state index contributed by atoms with van der Waals surface area (Å²) in [6.45, 7) is 0.964. The normalized spacial score (nSPS) is 66.0. The second kappa shape index (κ2) is 0.957. The van der Waals surface area contributed by atoms with E-state index < -0.39 is 0 Å². The Labute approximate surface area is 47.8 Å². The predicted molar refractivity (Wildman–Crippen MR) is 26.5 cm³/mol.